The van der Waals surface area contributed by atoms with E-state index in [0.29, 0.717) is 0 Å². The maximum absolute atomic E-state index is 13.1. The fourth-order valence-corrected chi connectivity index (χ4v) is 1.35. The predicted molar refractivity (Wildman–Crippen MR) is 69.4 cm³/mol. The zero-order chi connectivity index (χ0) is 14.4. The van der Waals surface area contributed by atoms with Gasteiger partial charge in [-0.05, 0) is 25.5 Å². The monoisotopic (exact) mass is 269 g/mol. The first kappa shape index (κ1) is 15.0. The van der Waals surface area contributed by atoms with Crippen molar-refractivity contribution in [2.75, 3.05) is 11.9 Å². The molecule has 104 valence electrons. The highest BCUT2D eigenvalue weighted by atomic mass is 19.1. The van der Waals surface area contributed by atoms with E-state index in [-0.39, 0.29) is 24.2 Å². The highest BCUT2D eigenvalue weighted by Crippen LogP contribution is 2.21. The molecule has 6 nitrogen and oxygen atoms in total. The summed E-state index contributed by atoms with van der Waals surface area (Å²) in [6, 6.07) is 3.43. The highest BCUT2D eigenvalue weighted by molar-refractivity contribution is 5.92. The summed E-state index contributed by atoms with van der Waals surface area (Å²) in [5.41, 5.74) is -0.461. The number of nitro benzene ring substituents is 1. The molecule has 0 aliphatic heterocycles. The number of anilines is 1. The second-order valence-electron chi connectivity index (χ2n) is 4.16. The van der Waals surface area contributed by atoms with E-state index in [9.17, 15) is 19.3 Å². The Bertz CT molecular complexity index is 479. The molecule has 1 aromatic carbocycles. The Labute approximate surface area is 110 Å². The van der Waals surface area contributed by atoms with Crippen LogP contribution in [0.1, 0.15) is 20.3 Å². The van der Waals surface area contributed by atoms with Crippen LogP contribution < -0.4 is 10.6 Å². The summed E-state index contributed by atoms with van der Waals surface area (Å²) in [5, 5.41) is 16.0. The van der Waals surface area contributed by atoms with E-state index < -0.39 is 16.4 Å². The first-order valence-electron chi connectivity index (χ1n) is 5.91. The molecule has 0 aliphatic carbocycles. The van der Waals surface area contributed by atoms with Crippen molar-refractivity contribution in [1.29, 1.82) is 0 Å². The van der Waals surface area contributed by atoms with E-state index in [1.54, 1.807) is 0 Å². The van der Waals surface area contributed by atoms with Crippen molar-refractivity contribution in [2.24, 2.45) is 0 Å². The second kappa shape index (κ2) is 6.79. The van der Waals surface area contributed by atoms with Crippen LogP contribution >= 0.6 is 0 Å². The number of carbonyl (C=O) groups excluding carboxylic acids is 1. The van der Waals surface area contributed by atoms with Gasteiger partial charge in [0.1, 0.15) is 0 Å². The van der Waals surface area contributed by atoms with Crippen LogP contribution in [0.3, 0.4) is 0 Å². The molecule has 1 unspecified atom stereocenters. The van der Waals surface area contributed by atoms with E-state index >= 15 is 0 Å². The van der Waals surface area contributed by atoms with Crippen LogP contribution in [0.4, 0.5) is 15.8 Å². The lowest BCUT2D eigenvalue weighted by molar-refractivity contribution is -0.387. The summed E-state index contributed by atoms with van der Waals surface area (Å²) < 4.78 is 13.1. The van der Waals surface area contributed by atoms with Crippen LogP contribution in [0, 0.1) is 15.9 Å². The lowest BCUT2D eigenvalue weighted by Crippen LogP contribution is -2.33. The molecule has 7 heteroatoms. The third-order valence-electron chi connectivity index (χ3n) is 2.65. The number of rotatable bonds is 6. The molecule has 0 aliphatic rings. The minimum absolute atomic E-state index is 0.0974. The molecule has 1 aromatic rings. The summed E-state index contributed by atoms with van der Waals surface area (Å²) in [4.78, 5) is 21.3. The molecule has 0 saturated heterocycles. The minimum atomic E-state index is -0.930. The summed E-state index contributed by atoms with van der Waals surface area (Å²) in [6.07, 6.45) is 0.884. The zero-order valence-electron chi connectivity index (χ0n) is 10.8. The Balaban J connectivity index is 2.64. The molecule has 0 fully saturated rings. The van der Waals surface area contributed by atoms with E-state index in [2.05, 4.69) is 10.6 Å². The Morgan fingerprint density at radius 1 is 1.53 bits per heavy atom. The summed E-state index contributed by atoms with van der Waals surface area (Å²) in [7, 11) is 0. The maximum atomic E-state index is 13.1. The lowest BCUT2D eigenvalue weighted by Gasteiger charge is -2.11. The number of amides is 1. The maximum Gasteiger partial charge on any atom is 0.306 e. The molecule has 0 radical (unpaired) electrons. The van der Waals surface area contributed by atoms with Crippen molar-refractivity contribution in [3.63, 3.8) is 0 Å². The molecule has 1 atom stereocenters. The van der Waals surface area contributed by atoms with Gasteiger partial charge in [0.15, 0.2) is 0 Å². The Kier molecular flexibility index (Phi) is 5.37. The fourth-order valence-electron chi connectivity index (χ4n) is 1.35. The number of hydrogen-bond acceptors (Lipinski definition) is 4. The highest BCUT2D eigenvalue weighted by Gasteiger charge is 2.15. The van der Waals surface area contributed by atoms with Gasteiger partial charge in [-0.25, -0.2) is 0 Å². The molecule has 1 rings (SSSR count). The number of hydrogen-bond donors (Lipinski definition) is 2. The van der Waals surface area contributed by atoms with Gasteiger partial charge in [-0.3, -0.25) is 14.9 Å². The predicted octanol–water partition coefficient (Wildman–Crippen LogP) is 2.06. The van der Waals surface area contributed by atoms with Crippen molar-refractivity contribution in [1.82, 2.24) is 5.32 Å². The van der Waals surface area contributed by atoms with Crippen LogP contribution in [0.5, 0.6) is 0 Å². The number of benzene rings is 1. The van der Waals surface area contributed by atoms with Crippen LogP contribution in [0.25, 0.3) is 0 Å². The molecular formula is C12H16FN3O3. The minimum Gasteiger partial charge on any atom is -0.325 e. The average Bonchev–Trinajstić information content (AvgIpc) is 2.37. The van der Waals surface area contributed by atoms with Crippen LogP contribution in [0.2, 0.25) is 0 Å². The topological polar surface area (TPSA) is 84.3 Å². The van der Waals surface area contributed by atoms with Gasteiger partial charge in [-0.1, -0.05) is 6.92 Å². The quantitative estimate of drug-likeness (QED) is 0.611. The molecule has 2 N–H and O–H groups in total. The first-order valence-corrected chi connectivity index (χ1v) is 5.91. The summed E-state index contributed by atoms with van der Waals surface area (Å²) >= 11 is 0. The number of halogens is 1. The molecule has 0 heterocycles. The molecule has 19 heavy (non-hydrogen) atoms. The van der Waals surface area contributed by atoms with Crippen molar-refractivity contribution in [3.05, 3.63) is 34.1 Å². The van der Waals surface area contributed by atoms with E-state index in [1.807, 2.05) is 13.8 Å². The van der Waals surface area contributed by atoms with Crippen molar-refractivity contribution >= 4 is 17.3 Å². The molecule has 0 bridgehead atoms. The average molecular weight is 269 g/mol. The molecular weight excluding hydrogens is 253 g/mol. The third-order valence-corrected chi connectivity index (χ3v) is 2.65. The number of nitrogens with one attached hydrogen (secondary N) is 2. The van der Waals surface area contributed by atoms with Crippen molar-refractivity contribution < 1.29 is 14.1 Å². The van der Waals surface area contributed by atoms with Gasteiger partial charge in [0.05, 0.1) is 11.5 Å². The van der Waals surface area contributed by atoms with Gasteiger partial charge in [-0.15, -0.1) is 0 Å². The molecule has 1 amide bonds. The molecule has 0 saturated carbocycles. The third kappa shape index (κ3) is 4.63. The molecule has 0 aromatic heterocycles. The Morgan fingerprint density at radius 3 is 2.79 bits per heavy atom. The van der Waals surface area contributed by atoms with Gasteiger partial charge in [-0.2, -0.15) is 4.39 Å². The van der Waals surface area contributed by atoms with Crippen LogP contribution in [0.15, 0.2) is 18.2 Å². The van der Waals surface area contributed by atoms with Gasteiger partial charge in [0.2, 0.25) is 11.7 Å². The summed E-state index contributed by atoms with van der Waals surface area (Å²) in [6.45, 7) is 4.02. The fraction of sp³-hybridized carbons (Fsp3) is 0.417. The molecule has 0 spiro atoms. The van der Waals surface area contributed by atoms with Gasteiger partial charge < -0.3 is 10.6 Å². The lowest BCUT2D eigenvalue weighted by atomic mass is 10.2. The standard InChI is InChI=1S/C12H16FN3O3/c1-3-8(2)14-7-12(17)15-9-4-5-10(13)11(6-9)16(18)19/h4-6,8,14H,3,7H2,1-2H3,(H,15,17). The van der Waals surface area contributed by atoms with Gasteiger partial charge in [0.25, 0.3) is 0 Å². The SMILES string of the molecule is CCC(C)NCC(=O)Nc1ccc(F)c([N+](=O)[O-])c1. The van der Waals surface area contributed by atoms with E-state index in [0.717, 1.165) is 18.6 Å². The normalized spacial score (nSPS) is 11.9. The zero-order valence-corrected chi connectivity index (χ0v) is 10.8. The van der Waals surface area contributed by atoms with Gasteiger partial charge in [0, 0.05) is 17.8 Å². The second-order valence-corrected chi connectivity index (χ2v) is 4.16. The van der Waals surface area contributed by atoms with Crippen LogP contribution in [-0.4, -0.2) is 23.4 Å². The first-order chi connectivity index (χ1) is 8.93. The van der Waals surface area contributed by atoms with E-state index in [1.165, 1.54) is 6.07 Å². The number of nitro groups is 1. The van der Waals surface area contributed by atoms with Crippen molar-refractivity contribution in [3.8, 4) is 0 Å². The smallest absolute Gasteiger partial charge is 0.306 e. The van der Waals surface area contributed by atoms with Crippen molar-refractivity contribution in [2.45, 2.75) is 26.3 Å². The largest absolute Gasteiger partial charge is 0.325 e. The van der Waals surface area contributed by atoms with E-state index in [4.69, 9.17) is 0 Å². The van der Waals surface area contributed by atoms with Crippen LogP contribution in [-0.2, 0) is 4.79 Å². The summed E-state index contributed by atoms with van der Waals surface area (Å²) in [5.74, 6) is -1.26. The van der Waals surface area contributed by atoms with Gasteiger partial charge >= 0.3 is 5.69 Å². The number of nitrogens with zero attached hydrogens (tertiary/aromatic N) is 1. The number of carbonyl (C=O) groups is 1. The Morgan fingerprint density at radius 2 is 2.21 bits per heavy atom. The Hall–Kier alpha value is -2.02.